The van der Waals surface area contributed by atoms with Gasteiger partial charge in [0.05, 0.1) is 7.11 Å². The highest BCUT2D eigenvalue weighted by molar-refractivity contribution is 6.30. The highest BCUT2D eigenvalue weighted by Gasteiger charge is 2.27. The van der Waals surface area contributed by atoms with Gasteiger partial charge in [-0.05, 0) is 30.0 Å². The fourth-order valence-corrected chi connectivity index (χ4v) is 2.54. The molecule has 0 aliphatic rings. The van der Waals surface area contributed by atoms with Crippen LogP contribution in [-0.2, 0) is 25.5 Å². The maximum atomic E-state index is 12.5. The third kappa shape index (κ3) is 7.56. The molecule has 7 heteroatoms. The fraction of sp³-hybridized carbons (Fsp3) is 0.500. The third-order valence-electron chi connectivity index (χ3n) is 3.56. The predicted molar refractivity (Wildman–Crippen MR) is 96.2 cm³/mol. The van der Waals surface area contributed by atoms with Crippen LogP contribution in [0.4, 0.5) is 0 Å². The van der Waals surface area contributed by atoms with Crippen molar-refractivity contribution in [3.05, 3.63) is 34.9 Å². The molecule has 0 bridgehead atoms. The lowest BCUT2D eigenvalue weighted by molar-refractivity contribution is -0.145. The van der Waals surface area contributed by atoms with Gasteiger partial charge in [0.15, 0.2) is 0 Å². The number of halogens is 1. The molecular formula is C18H25ClN2O4. The molecule has 1 rings (SSSR count). The van der Waals surface area contributed by atoms with Crippen LogP contribution in [0.1, 0.15) is 32.8 Å². The number of carbonyl (C=O) groups excluding carboxylic acids is 3. The van der Waals surface area contributed by atoms with Crippen molar-refractivity contribution >= 4 is 29.4 Å². The van der Waals surface area contributed by atoms with E-state index in [1.54, 1.807) is 24.3 Å². The van der Waals surface area contributed by atoms with Crippen molar-refractivity contribution in [2.24, 2.45) is 5.92 Å². The van der Waals surface area contributed by atoms with Gasteiger partial charge >= 0.3 is 5.97 Å². The van der Waals surface area contributed by atoms with Crippen molar-refractivity contribution in [2.45, 2.75) is 45.7 Å². The summed E-state index contributed by atoms with van der Waals surface area (Å²) in [5, 5.41) is 5.89. The summed E-state index contributed by atoms with van der Waals surface area (Å²) in [5.74, 6) is -1.05. The molecule has 0 aromatic heterocycles. The zero-order valence-electron chi connectivity index (χ0n) is 15.0. The van der Waals surface area contributed by atoms with Crippen molar-refractivity contribution in [3.8, 4) is 0 Å². The molecule has 2 atom stereocenters. The third-order valence-corrected chi connectivity index (χ3v) is 3.81. The van der Waals surface area contributed by atoms with Gasteiger partial charge in [0, 0.05) is 18.4 Å². The topological polar surface area (TPSA) is 84.5 Å². The van der Waals surface area contributed by atoms with Crippen LogP contribution in [0.15, 0.2) is 24.3 Å². The Balaban J connectivity index is 2.87. The van der Waals surface area contributed by atoms with Gasteiger partial charge in [-0.15, -0.1) is 0 Å². The molecule has 138 valence electrons. The van der Waals surface area contributed by atoms with Gasteiger partial charge in [0.25, 0.3) is 0 Å². The first-order valence-corrected chi connectivity index (χ1v) is 8.50. The Hall–Kier alpha value is -2.08. The predicted octanol–water partition coefficient (Wildman–Crippen LogP) is 2.09. The Morgan fingerprint density at radius 2 is 1.68 bits per heavy atom. The smallest absolute Gasteiger partial charge is 0.328 e. The van der Waals surface area contributed by atoms with Crippen LogP contribution in [0.3, 0.4) is 0 Å². The number of benzene rings is 1. The number of rotatable bonds is 8. The molecule has 25 heavy (non-hydrogen) atoms. The van der Waals surface area contributed by atoms with Crippen molar-refractivity contribution in [1.29, 1.82) is 0 Å². The summed E-state index contributed by atoms with van der Waals surface area (Å²) in [7, 11) is 1.27. The molecular weight excluding hydrogens is 344 g/mol. The average Bonchev–Trinajstić information content (AvgIpc) is 2.53. The fourth-order valence-electron chi connectivity index (χ4n) is 2.41. The number of hydrogen-bond acceptors (Lipinski definition) is 4. The second kappa shape index (κ2) is 10.0. The zero-order valence-corrected chi connectivity index (χ0v) is 15.7. The average molecular weight is 369 g/mol. The SMILES string of the molecule is COC(=O)[C@@H](Cc1ccc(Cl)cc1)NC(=O)[C@H](CC(C)C)NC(C)=O. The number of amides is 2. The van der Waals surface area contributed by atoms with Gasteiger partial charge < -0.3 is 15.4 Å². The highest BCUT2D eigenvalue weighted by atomic mass is 35.5. The lowest BCUT2D eigenvalue weighted by Gasteiger charge is -2.23. The Morgan fingerprint density at radius 1 is 1.08 bits per heavy atom. The Morgan fingerprint density at radius 3 is 2.16 bits per heavy atom. The zero-order chi connectivity index (χ0) is 19.0. The molecule has 2 amide bonds. The van der Waals surface area contributed by atoms with E-state index in [9.17, 15) is 14.4 Å². The second-order valence-electron chi connectivity index (χ2n) is 6.30. The first kappa shape index (κ1) is 21.0. The molecule has 0 spiro atoms. The molecule has 1 aromatic carbocycles. The minimum Gasteiger partial charge on any atom is -0.467 e. The quantitative estimate of drug-likeness (QED) is 0.688. The van der Waals surface area contributed by atoms with Crippen molar-refractivity contribution in [2.75, 3.05) is 7.11 Å². The molecule has 1 aromatic rings. The second-order valence-corrected chi connectivity index (χ2v) is 6.73. The minimum atomic E-state index is -0.845. The van der Waals surface area contributed by atoms with Gasteiger partial charge in [-0.2, -0.15) is 0 Å². The van der Waals surface area contributed by atoms with Crippen molar-refractivity contribution in [3.63, 3.8) is 0 Å². The summed E-state index contributed by atoms with van der Waals surface area (Å²) in [6, 6.07) is 5.45. The summed E-state index contributed by atoms with van der Waals surface area (Å²) in [5.41, 5.74) is 0.833. The Kier molecular flexibility index (Phi) is 8.41. The maximum Gasteiger partial charge on any atom is 0.328 e. The van der Waals surface area contributed by atoms with Crippen LogP contribution in [0.25, 0.3) is 0 Å². The largest absolute Gasteiger partial charge is 0.467 e. The number of carbonyl (C=O) groups is 3. The van der Waals surface area contributed by atoms with E-state index in [1.807, 2.05) is 13.8 Å². The van der Waals surface area contributed by atoms with E-state index in [0.29, 0.717) is 11.4 Å². The first-order valence-electron chi connectivity index (χ1n) is 8.12. The minimum absolute atomic E-state index is 0.204. The standard InChI is InChI=1S/C18H25ClN2O4/c1-11(2)9-15(20-12(3)22)17(23)21-16(18(24)25-4)10-13-5-7-14(19)8-6-13/h5-8,11,15-16H,9-10H2,1-4H3,(H,20,22)(H,21,23)/t15-,16+/m0/s1. The lowest BCUT2D eigenvalue weighted by atomic mass is 10.0. The van der Waals surface area contributed by atoms with Crippen LogP contribution >= 0.6 is 11.6 Å². The van der Waals surface area contributed by atoms with E-state index in [-0.39, 0.29) is 18.2 Å². The molecule has 0 radical (unpaired) electrons. The normalized spacial score (nSPS) is 13.0. The van der Waals surface area contributed by atoms with E-state index >= 15 is 0 Å². The van der Waals surface area contributed by atoms with Crippen LogP contribution < -0.4 is 10.6 Å². The van der Waals surface area contributed by atoms with Gasteiger partial charge in [0.2, 0.25) is 11.8 Å². The van der Waals surface area contributed by atoms with Crippen LogP contribution in [0.5, 0.6) is 0 Å². The van der Waals surface area contributed by atoms with Crippen molar-refractivity contribution < 1.29 is 19.1 Å². The van der Waals surface area contributed by atoms with E-state index in [2.05, 4.69) is 10.6 Å². The van der Waals surface area contributed by atoms with Crippen LogP contribution in [0.2, 0.25) is 5.02 Å². The monoisotopic (exact) mass is 368 g/mol. The Bertz CT molecular complexity index is 602. The number of ether oxygens (including phenoxy) is 1. The van der Waals surface area contributed by atoms with Crippen LogP contribution in [-0.4, -0.2) is 37.0 Å². The van der Waals surface area contributed by atoms with Gasteiger partial charge in [-0.1, -0.05) is 37.6 Å². The van der Waals surface area contributed by atoms with E-state index in [1.165, 1.54) is 14.0 Å². The first-order chi connectivity index (χ1) is 11.7. The van der Waals surface area contributed by atoms with E-state index in [4.69, 9.17) is 16.3 Å². The molecule has 0 aliphatic heterocycles. The summed E-state index contributed by atoms with van der Waals surface area (Å²) >= 11 is 5.86. The van der Waals surface area contributed by atoms with E-state index in [0.717, 1.165) is 5.56 Å². The molecule has 2 N–H and O–H groups in total. The molecule has 0 fully saturated rings. The lowest BCUT2D eigenvalue weighted by Crippen LogP contribution is -2.52. The number of esters is 1. The molecule has 0 saturated heterocycles. The molecule has 0 heterocycles. The Labute approximate surface area is 153 Å². The van der Waals surface area contributed by atoms with Gasteiger partial charge in [-0.3, -0.25) is 9.59 Å². The van der Waals surface area contributed by atoms with Gasteiger partial charge in [-0.25, -0.2) is 4.79 Å². The molecule has 0 aliphatic carbocycles. The highest BCUT2D eigenvalue weighted by Crippen LogP contribution is 2.12. The summed E-state index contributed by atoms with van der Waals surface area (Å²) < 4.78 is 4.78. The number of hydrogen-bond donors (Lipinski definition) is 2. The van der Waals surface area contributed by atoms with Crippen LogP contribution in [0, 0.1) is 5.92 Å². The van der Waals surface area contributed by atoms with Crippen molar-refractivity contribution in [1.82, 2.24) is 10.6 Å². The summed E-state index contributed by atoms with van der Waals surface area (Å²) in [6.07, 6.45) is 0.740. The number of nitrogens with one attached hydrogen (secondary N) is 2. The molecule has 0 saturated carbocycles. The molecule has 0 unspecified atom stereocenters. The maximum absolute atomic E-state index is 12.5. The van der Waals surface area contributed by atoms with Gasteiger partial charge in [0.1, 0.15) is 12.1 Å². The summed E-state index contributed by atoms with van der Waals surface area (Å²) in [6.45, 7) is 5.26. The summed E-state index contributed by atoms with van der Waals surface area (Å²) in [4.78, 5) is 35.9. The van der Waals surface area contributed by atoms with E-state index < -0.39 is 24.0 Å². The molecule has 6 nitrogen and oxygen atoms in total. The number of methoxy groups -OCH3 is 1.